The molecule has 0 spiro atoms. The van der Waals surface area contributed by atoms with Gasteiger partial charge in [-0.2, -0.15) is 0 Å². The average molecular weight is 194 g/mol. The van der Waals surface area contributed by atoms with Crippen molar-refractivity contribution in [2.45, 2.75) is 51.2 Å². The van der Waals surface area contributed by atoms with E-state index >= 15 is 0 Å². The fourth-order valence-electron chi connectivity index (χ4n) is 2.36. The van der Waals surface area contributed by atoms with Crippen LogP contribution >= 0.6 is 0 Å². The maximum absolute atomic E-state index is 5.54. The molecule has 1 heterocycles. The number of nitrogens with one attached hydrogen (secondary N) is 1. The molecule has 0 saturated carbocycles. The van der Waals surface area contributed by atoms with Gasteiger partial charge in [-0.1, -0.05) is 12.8 Å². The number of nitrogens with zero attached hydrogens (tertiary/aromatic N) is 1. The topological polar surface area (TPSA) is 15.3 Å². The standard InChI is InChI=1S/C12H22N2/c1-5-12(6-2)14-8-7-11(13-4)9-10(14)3/h1,10-13H,6-9H2,2-4H3. The molecule has 14 heavy (non-hydrogen) atoms. The summed E-state index contributed by atoms with van der Waals surface area (Å²) in [7, 11) is 2.05. The van der Waals surface area contributed by atoms with Gasteiger partial charge in [0.05, 0.1) is 6.04 Å². The van der Waals surface area contributed by atoms with Crippen molar-refractivity contribution in [3.05, 3.63) is 0 Å². The van der Waals surface area contributed by atoms with E-state index in [2.05, 4.69) is 30.0 Å². The Morgan fingerprint density at radius 1 is 1.64 bits per heavy atom. The molecule has 1 rings (SSSR count). The highest BCUT2D eigenvalue weighted by Gasteiger charge is 2.27. The van der Waals surface area contributed by atoms with Gasteiger partial charge in [-0.25, -0.2) is 0 Å². The molecule has 0 aromatic rings. The second-order valence-electron chi connectivity index (χ2n) is 4.19. The molecule has 1 saturated heterocycles. The first-order valence-corrected chi connectivity index (χ1v) is 5.62. The van der Waals surface area contributed by atoms with Gasteiger partial charge in [0, 0.05) is 18.6 Å². The molecule has 1 aliphatic heterocycles. The Morgan fingerprint density at radius 2 is 2.36 bits per heavy atom. The molecule has 3 unspecified atom stereocenters. The quantitative estimate of drug-likeness (QED) is 0.684. The number of rotatable bonds is 3. The predicted octanol–water partition coefficient (Wildman–Crippen LogP) is 1.47. The Morgan fingerprint density at radius 3 is 2.79 bits per heavy atom. The predicted molar refractivity (Wildman–Crippen MR) is 61.2 cm³/mol. The van der Waals surface area contributed by atoms with E-state index in [1.807, 2.05) is 7.05 Å². The molecule has 0 radical (unpaired) electrons. The third kappa shape index (κ3) is 2.50. The molecule has 80 valence electrons. The second-order valence-corrected chi connectivity index (χ2v) is 4.19. The van der Waals surface area contributed by atoms with Gasteiger partial charge in [-0.05, 0) is 33.2 Å². The highest BCUT2D eigenvalue weighted by molar-refractivity contribution is 5.02. The molecule has 1 N–H and O–H groups in total. The van der Waals surface area contributed by atoms with E-state index in [0.717, 1.165) is 13.0 Å². The van der Waals surface area contributed by atoms with Gasteiger partial charge in [-0.15, -0.1) is 6.42 Å². The lowest BCUT2D eigenvalue weighted by atomic mass is 9.96. The van der Waals surface area contributed by atoms with Crippen LogP contribution in [0, 0.1) is 12.3 Å². The van der Waals surface area contributed by atoms with Gasteiger partial charge >= 0.3 is 0 Å². The lowest BCUT2D eigenvalue weighted by Crippen LogP contribution is -2.50. The molecule has 0 aromatic carbocycles. The highest BCUT2D eigenvalue weighted by atomic mass is 15.2. The van der Waals surface area contributed by atoms with Crippen LogP contribution in [0.3, 0.4) is 0 Å². The molecule has 1 fully saturated rings. The molecule has 3 atom stereocenters. The Balaban J connectivity index is 2.53. The van der Waals surface area contributed by atoms with Crippen LogP contribution in [-0.2, 0) is 0 Å². The van der Waals surface area contributed by atoms with E-state index in [1.54, 1.807) is 0 Å². The van der Waals surface area contributed by atoms with Crippen molar-refractivity contribution in [2.75, 3.05) is 13.6 Å². The summed E-state index contributed by atoms with van der Waals surface area (Å²) in [6.07, 6.45) is 9.03. The van der Waals surface area contributed by atoms with Gasteiger partial charge in [-0.3, -0.25) is 4.90 Å². The van der Waals surface area contributed by atoms with Gasteiger partial charge in [0.1, 0.15) is 0 Å². The smallest absolute Gasteiger partial charge is 0.0711 e. The number of hydrogen-bond donors (Lipinski definition) is 1. The lowest BCUT2D eigenvalue weighted by Gasteiger charge is -2.40. The normalized spacial score (nSPS) is 31.0. The Bertz CT molecular complexity index is 207. The fraction of sp³-hybridized carbons (Fsp3) is 0.833. The number of piperidine rings is 1. The SMILES string of the molecule is C#CC(CC)N1CCC(NC)CC1C. The van der Waals surface area contributed by atoms with Crippen molar-refractivity contribution in [2.24, 2.45) is 0 Å². The largest absolute Gasteiger partial charge is 0.317 e. The number of likely N-dealkylation sites (tertiary alicyclic amines) is 1. The highest BCUT2D eigenvalue weighted by Crippen LogP contribution is 2.20. The molecule has 0 amide bonds. The van der Waals surface area contributed by atoms with Crippen molar-refractivity contribution in [3.8, 4) is 12.3 Å². The fourth-order valence-corrected chi connectivity index (χ4v) is 2.36. The summed E-state index contributed by atoms with van der Waals surface area (Å²) in [6, 6.07) is 1.63. The summed E-state index contributed by atoms with van der Waals surface area (Å²) in [5, 5.41) is 3.35. The molecule has 0 aromatic heterocycles. The number of hydrogen-bond acceptors (Lipinski definition) is 2. The first kappa shape index (κ1) is 11.6. The maximum Gasteiger partial charge on any atom is 0.0711 e. The van der Waals surface area contributed by atoms with Gasteiger partial charge < -0.3 is 5.32 Å². The average Bonchev–Trinajstić information content (AvgIpc) is 2.22. The minimum absolute atomic E-state index is 0.336. The second kappa shape index (κ2) is 5.38. The van der Waals surface area contributed by atoms with Crippen molar-refractivity contribution in [3.63, 3.8) is 0 Å². The zero-order valence-corrected chi connectivity index (χ0v) is 9.59. The Kier molecular flexibility index (Phi) is 4.44. The van der Waals surface area contributed by atoms with E-state index in [0.29, 0.717) is 18.1 Å². The van der Waals surface area contributed by atoms with Crippen molar-refractivity contribution < 1.29 is 0 Å². The summed E-state index contributed by atoms with van der Waals surface area (Å²) in [5.74, 6) is 2.89. The molecule has 0 aliphatic carbocycles. The number of terminal acetylenes is 1. The van der Waals surface area contributed by atoms with E-state index in [1.165, 1.54) is 12.8 Å². The van der Waals surface area contributed by atoms with Gasteiger partial charge in [0.2, 0.25) is 0 Å². The van der Waals surface area contributed by atoms with Crippen LogP contribution in [0.1, 0.15) is 33.1 Å². The van der Waals surface area contributed by atoms with Crippen LogP contribution in [0.2, 0.25) is 0 Å². The first-order chi connectivity index (χ1) is 6.72. The van der Waals surface area contributed by atoms with Crippen molar-refractivity contribution in [1.82, 2.24) is 10.2 Å². The third-order valence-electron chi connectivity index (χ3n) is 3.32. The van der Waals surface area contributed by atoms with Crippen molar-refractivity contribution >= 4 is 0 Å². The lowest BCUT2D eigenvalue weighted by molar-refractivity contribution is 0.112. The molecule has 2 heteroatoms. The first-order valence-electron chi connectivity index (χ1n) is 5.62. The zero-order chi connectivity index (χ0) is 10.6. The summed E-state index contributed by atoms with van der Waals surface area (Å²) < 4.78 is 0. The van der Waals surface area contributed by atoms with E-state index in [4.69, 9.17) is 6.42 Å². The van der Waals surface area contributed by atoms with Crippen LogP contribution in [0.15, 0.2) is 0 Å². The maximum atomic E-state index is 5.54. The van der Waals surface area contributed by atoms with Crippen LogP contribution in [0.25, 0.3) is 0 Å². The van der Waals surface area contributed by atoms with E-state index in [-0.39, 0.29) is 0 Å². The van der Waals surface area contributed by atoms with E-state index in [9.17, 15) is 0 Å². The minimum Gasteiger partial charge on any atom is -0.317 e. The molecule has 1 aliphatic rings. The molecular weight excluding hydrogens is 172 g/mol. The van der Waals surface area contributed by atoms with Gasteiger partial charge in [0.25, 0.3) is 0 Å². The summed E-state index contributed by atoms with van der Waals surface area (Å²) in [6.45, 7) is 5.58. The molecule has 2 nitrogen and oxygen atoms in total. The molecular formula is C12H22N2. The molecule has 0 bridgehead atoms. The summed E-state index contributed by atoms with van der Waals surface area (Å²) >= 11 is 0. The zero-order valence-electron chi connectivity index (χ0n) is 9.59. The third-order valence-corrected chi connectivity index (χ3v) is 3.32. The van der Waals surface area contributed by atoms with E-state index < -0.39 is 0 Å². The Labute approximate surface area is 88.1 Å². The monoisotopic (exact) mass is 194 g/mol. The Hall–Kier alpha value is -0.520. The van der Waals surface area contributed by atoms with Crippen LogP contribution in [-0.4, -0.2) is 36.6 Å². The summed E-state index contributed by atoms with van der Waals surface area (Å²) in [4.78, 5) is 2.47. The minimum atomic E-state index is 0.336. The van der Waals surface area contributed by atoms with Crippen molar-refractivity contribution in [1.29, 1.82) is 0 Å². The van der Waals surface area contributed by atoms with Gasteiger partial charge in [0.15, 0.2) is 0 Å². The van der Waals surface area contributed by atoms with Crippen LogP contribution in [0.5, 0.6) is 0 Å². The van der Waals surface area contributed by atoms with Crippen LogP contribution in [0.4, 0.5) is 0 Å². The summed E-state index contributed by atoms with van der Waals surface area (Å²) in [5.41, 5.74) is 0. The van der Waals surface area contributed by atoms with Crippen LogP contribution < -0.4 is 5.32 Å².